The minimum Gasteiger partial charge on any atom is -0.468 e. The summed E-state index contributed by atoms with van der Waals surface area (Å²) in [7, 11) is 2.38. The number of fused-ring (bicyclic) bond motifs is 3. The zero-order chi connectivity index (χ0) is 20.5. The van der Waals surface area contributed by atoms with Crippen LogP contribution >= 0.6 is 0 Å². The SMILES string of the molecule is COC(=O)C(C(=O)OC)c1cnn2c(-c3ccccc3)cc3ccc(F)cc3c12. The molecule has 0 aliphatic heterocycles. The molecule has 7 heteroatoms. The van der Waals surface area contributed by atoms with Crippen molar-refractivity contribution in [2.75, 3.05) is 14.2 Å². The Bertz CT molecular complexity index is 1220. The molecule has 0 N–H and O–H groups in total. The number of nitrogens with zero attached hydrogens (tertiary/aromatic N) is 2. The van der Waals surface area contributed by atoms with Crippen molar-refractivity contribution in [1.82, 2.24) is 9.61 Å². The third-order valence-electron chi connectivity index (χ3n) is 4.84. The van der Waals surface area contributed by atoms with Crippen LogP contribution < -0.4 is 0 Å². The number of ether oxygens (including phenoxy) is 2. The second-order valence-corrected chi connectivity index (χ2v) is 6.47. The summed E-state index contributed by atoms with van der Waals surface area (Å²) in [6.07, 6.45) is 1.42. The van der Waals surface area contributed by atoms with E-state index in [4.69, 9.17) is 9.47 Å². The maximum absolute atomic E-state index is 14.1. The van der Waals surface area contributed by atoms with Gasteiger partial charge < -0.3 is 9.47 Å². The van der Waals surface area contributed by atoms with Gasteiger partial charge in [0.05, 0.1) is 31.6 Å². The summed E-state index contributed by atoms with van der Waals surface area (Å²) in [5.74, 6) is -3.32. The summed E-state index contributed by atoms with van der Waals surface area (Å²) in [4.78, 5) is 24.8. The Labute approximate surface area is 165 Å². The maximum atomic E-state index is 14.1. The predicted octanol–water partition coefficient (Wildman–Crippen LogP) is 3.72. The van der Waals surface area contributed by atoms with Gasteiger partial charge in [0.25, 0.3) is 0 Å². The molecule has 0 saturated heterocycles. The molecule has 0 aliphatic rings. The molecule has 6 nitrogen and oxygen atoms in total. The first-order valence-electron chi connectivity index (χ1n) is 8.86. The highest BCUT2D eigenvalue weighted by atomic mass is 19.1. The van der Waals surface area contributed by atoms with E-state index >= 15 is 0 Å². The Morgan fingerprint density at radius 1 is 1.00 bits per heavy atom. The second kappa shape index (κ2) is 7.35. The van der Waals surface area contributed by atoms with Crippen molar-refractivity contribution in [3.63, 3.8) is 0 Å². The Morgan fingerprint density at radius 3 is 2.34 bits per heavy atom. The molecular weight excluding hydrogens is 375 g/mol. The lowest BCUT2D eigenvalue weighted by Gasteiger charge is -2.14. The fraction of sp³-hybridized carbons (Fsp3) is 0.136. The van der Waals surface area contributed by atoms with E-state index in [1.54, 1.807) is 10.6 Å². The van der Waals surface area contributed by atoms with Crippen molar-refractivity contribution in [3.05, 3.63) is 72.2 Å². The Balaban J connectivity index is 2.11. The van der Waals surface area contributed by atoms with Crippen LogP contribution in [0, 0.1) is 5.82 Å². The van der Waals surface area contributed by atoms with Crippen LogP contribution in [0.4, 0.5) is 4.39 Å². The van der Waals surface area contributed by atoms with Gasteiger partial charge in [-0.3, -0.25) is 9.59 Å². The van der Waals surface area contributed by atoms with E-state index in [9.17, 15) is 14.0 Å². The van der Waals surface area contributed by atoms with Crippen LogP contribution in [-0.4, -0.2) is 35.8 Å². The van der Waals surface area contributed by atoms with E-state index in [2.05, 4.69) is 5.10 Å². The highest BCUT2D eigenvalue weighted by Gasteiger charge is 2.34. The van der Waals surface area contributed by atoms with E-state index in [0.717, 1.165) is 16.6 Å². The number of methoxy groups -OCH3 is 2. The number of benzene rings is 2. The fourth-order valence-electron chi connectivity index (χ4n) is 3.49. The van der Waals surface area contributed by atoms with Gasteiger partial charge in [-0.05, 0) is 23.6 Å². The molecule has 0 spiro atoms. The van der Waals surface area contributed by atoms with Crippen molar-refractivity contribution in [2.24, 2.45) is 0 Å². The van der Waals surface area contributed by atoms with Crippen molar-refractivity contribution < 1.29 is 23.5 Å². The molecule has 0 fully saturated rings. The minimum atomic E-state index is -1.33. The number of halogens is 1. The molecular formula is C22H17FN2O4. The predicted molar refractivity (Wildman–Crippen MR) is 105 cm³/mol. The fourth-order valence-corrected chi connectivity index (χ4v) is 3.49. The zero-order valence-electron chi connectivity index (χ0n) is 15.8. The van der Waals surface area contributed by atoms with Crippen molar-refractivity contribution in [3.8, 4) is 11.3 Å². The minimum absolute atomic E-state index is 0.289. The number of carbonyl (C=O) groups is 2. The molecule has 0 aliphatic carbocycles. The third kappa shape index (κ3) is 3.10. The molecule has 0 unspecified atom stereocenters. The van der Waals surface area contributed by atoms with Crippen LogP contribution in [0.5, 0.6) is 0 Å². The standard InChI is InChI=1S/C22H17FN2O4/c1-28-21(26)19(22(27)29-2)17-12-24-25-18(13-6-4-3-5-7-13)10-14-8-9-15(23)11-16(14)20(17)25/h3-12,19H,1-2H3. The van der Waals surface area contributed by atoms with Gasteiger partial charge in [0.15, 0.2) is 5.92 Å². The number of rotatable bonds is 4. The van der Waals surface area contributed by atoms with E-state index in [1.807, 2.05) is 36.4 Å². The van der Waals surface area contributed by atoms with Crippen LogP contribution in [0.25, 0.3) is 27.5 Å². The van der Waals surface area contributed by atoms with Crippen LogP contribution in [0.2, 0.25) is 0 Å². The summed E-state index contributed by atoms with van der Waals surface area (Å²) in [6.45, 7) is 0. The van der Waals surface area contributed by atoms with Gasteiger partial charge in [-0.2, -0.15) is 5.10 Å². The van der Waals surface area contributed by atoms with Gasteiger partial charge >= 0.3 is 11.9 Å². The molecule has 0 radical (unpaired) electrons. The molecule has 2 aromatic carbocycles. The number of carbonyl (C=O) groups excluding carboxylic acids is 2. The first-order valence-corrected chi connectivity index (χ1v) is 8.86. The summed E-state index contributed by atoms with van der Waals surface area (Å²) >= 11 is 0. The van der Waals surface area contributed by atoms with E-state index < -0.39 is 23.7 Å². The summed E-state index contributed by atoms with van der Waals surface area (Å²) in [5.41, 5.74) is 2.35. The maximum Gasteiger partial charge on any atom is 0.324 e. The van der Waals surface area contributed by atoms with E-state index in [1.165, 1.54) is 32.5 Å². The Morgan fingerprint density at radius 2 is 1.69 bits per heavy atom. The third-order valence-corrected chi connectivity index (χ3v) is 4.84. The molecule has 4 rings (SSSR count). The van der Waals surface area contributed by atoms with Crippen molar-refractivity contribution in [2.45, 2.75) is 5.92 Å². The van der Waals surface area contributed by atoms with Crippen molar-refractivity contribution >= 4 is 28.2 Å². The van der Waals surface area contributed by atoms with Crippen LogP contribution in [-0.2, 0) is 19.1 Å². The highest BCUT2D eigenvalue weighted by molar-refractivity contribution is 6.07. The smallest absolute Gasteiger partial charge is 0.324 e. The summed E-state index contributed by atoms with van der Waals surface area (Å²) in [6, 6.07) is 15.8. The molecule has 0 saturated carbocycles. The monoisotopic (exact) mass is 392 g/mol. The number of esters is 2. The van der Waals surface area contributed by atoms with Crippen LogP contribution in [0.1, 0.15) is 11.5 Å². The van der Waals surface area contributed by atoms with Gasteiger partial charge in [-0.15, -0.1) is 0 Å². The largest absolute Gasteiger partial charge is 0.468 e. The average molecular weight is 392 g/mol. The van der Waals surface area contributed by atoms with Crippen molar-refractivity contribution in [1.29, 1.82) is 0 Å². The lowest BCUT2D eigenvalue weighted by Crippen LogP contribution is -2.24. The number of aromatic nitrogens is 2. The Hall–Kier alpha value is -3.74. The topological polar surface area (TPSA) is 69.9 Å². The quantitative estimate of drug-likeness (QED) is 0.391. The molecule has 0 bridgehead atoms. The van der Waals surface area contributed by atoms with Gasteiger partial charge in [-0.1, -0.05) is 36.4 Å². The number of hydrogen-bond donors (Lipinski definition) is 0. The average Bonchev–Trinajstić information content (AvgIpc) is 3.18. The molecule has 2 aromatic heterocycles. The molecule has 0 atom stereocenters. The second-order valence-electron chi connectivity index (χ2n) is 6.47. The van der Waals surface area contributed by atoms with Gasteiger partial charge in [0.2, 0.25) is 0 Å². The lowest BCUT2D eigenvalue weighted by molar-refractivity contribution is -0.154. The normalized spacial score (nSPS) is 11.2. The van der Waals surface area contributed by atoms with E-state index in [0.29, 0.717) is 10.9 Å². The summed E-state index contributed by atoms with van der Waals surface area (Å²) < 4.78 is 25.3. The zero-order valence-corrected chi connectivity index (χ0v) is 15.8. The van der Waals surface area contributed by atoms with Gasteiger partial charge in [-0.25, -0.2) is 8.91 Å². The lowest BCUT2D eigenvalue weighted by atomic mass is 9.97. The van der Waals surface area contributed by atoms with Crippen LogP contribution in [0.15, 0.2) is 60.8 Å². The van der Waals surface area contributed by atoms with E-state index in [-0.39, 0.29) is 5.56 Å². The first-order chi connectivity index (χ1) is 14.0. The Kier molecular flexibility index (Phi) is 4.72. The first kappa shape index (κ1) is 18.6. The molecule has 146 valence electrons. The molecule has 0 amide bonds. The number of pyridine rings is 1. The molecule has 2 heterocycles. The van der Waals surface area contributed by atoms with Crippen LogP contribution in [0.3, 0.4) is 0 Å². The van der Waals surface area contributed by atoms with Gasteiger partial charge in [0, 0.05) is 16.5 Å². The molecule has 29 heavy (non-hydrogen) atoms. The summed E-state index contributed by atoms with van der Waals surface area (Å²) in [5, 5.41) is 5.67. The molecule has 4 aromatic rings. The highest BCUT2D eigenvalue weighted by Crippen LogP contribution is 2.34. The van der Waals surface area contributed by atoms with Gasteiger partial charge in [0.1, 0.15) is 5.82 Å². The number of hydrogen-bond acceptors (Lipinski definition) is 5.